The molecule has 3 fully saturated rings. The highest BCUT2D eigenvalue weighted by Crippen LogP contribution is 2.29. The second-order valence-electron chi connectivity index (χ2n) is 8.02. The van der Waals surface area contributed by atoms with Gasteiger partial charge in [-0.2, -0.15) is 0 Å². The van der Waals surface area contributed by atoms with Crippen LogP contribution in [0.1, 0.15) is 37.7 Å². The maximum absolute atomic E-state index is 12.3. The van der Waals surface area contributed by atoms with E-state index in [4.69, 9.17) is 16.4 Å². The molecule has 0 aliphatic carbocycles. The zero-order chi connectivity index (χ0) is 21.1. The molecule has 0 radical (unpaired) electrons. The van der Waals surface area contributed by atoms with Crippen LogP contribution in [-0.4, -0.2) is 72.0 Å². The lowest BCUT2D eigenvalue weighted by atomic mass is 10.1. The second-order valence-corrected chi connectivity index (χ2v) is 8.46. The fraction of sp³-hybridized carbons (Fsp3) is 0.571. The summed E-state index contributed by atoms with van der Waals surface area (Å²) in [6, 6.07) is 6.08. The van der Waals surface area contributed by atoms with Gasteiger partial charge in [-0.15, -0.1) is 5.06 Å². The van der Waals surface area contributed by atoms with E-state index in [2.05, 4.69) is 21.9 Å². The van der Waals surface area contributed by atoms with Gasteiger partial charge in [-0.1, -0.05) is 17.7 Å². The van der Waals surface area contributed by atoms with Gasteiger partial charge in [0, 0.05) is 69.4 Å². The lowest BCUT2D eigenvalue weighted by Gasteiger charge is -2.36. The maximum Gasteiger partial charge on any atom is 0.434 e. The van der Waals surface area contributed by atoms with Crippen LogP contribution in [0.25, 0.3) is 0 Å². The van der Waals surface area contributed by atoms with Gasteiger partial charge in [0.2, 0.25) is 0 Å². The first kappa shape index (κ1) is 20.9. The summed E-state index contributed by atoms with van der Waals surface area (Å²) < 4.78 is 0. The van der Waals surface area contributed by atoms with E-state index >= 15 is 0 Å². The number of amides is 3. The number of benzene rings is 1. The van der Waals surface area contributed by atoms with E-state index in [-0.39, 0.29) is 12.8 Å². The summed E-state index contributed by atoms with van der Waals surface area (Å²) in [7, 11) is 0. The lowest BCUT2D eigenvalue weighted by molar-refractivity contribution is -0.174. The molecule has 4 rings (SSSR count). The van der Waals surface area contributed by atoms with Crippen molar-refractivity contribution in [1.29, 1.82) is 0 Å². The van der Waals surface area contributed by atoms with E-state index in [1.54, 1.807) is 4.90 Å². The topological polar surface area (TPSA) is 73.4 Å². The normalized spacial score (nSPS) is 20.8. The average molecular weight is 435 g/mol. The zero-order valence-corrected chi connectivity index (χ0v) is 17.8. The Balaban J connectivity index is 1.33. The summed E-state index contributed by atoms with van der Waals surface area (Å²) in [6.45, 7) is 5.26. The molecule has 9 heteroatoms. The van der Waals surface area contributed by atoms with E-state index in [1.165, 1.54) is 30.5 Å². The minimum absolute atomic E-state index is 0.0976. The van der Waals surface area contributed by atoms with Crippen LogP contribution in [-0.2, 0) is 21.0 Å². The van der Waals surface area contributed by atoms with Gasteiger partial charge in [0.25, 0.3) is 11.8 Å². The van der Waals surface area contributed by atoms with Gasteiger partial charge in [0.15, 0.2) is 0 Å². The molecule has 3 aliphatic heterocycles. The molecule has 1 aromatic carbocycles. The molecule has 3 saturated heterocycles. The Labute approximate surface area is 181 Å². The first-order valence-electron chi connectivity index (χ1n) is 10.6. The van der Waals surface area contributed by atoms with Gasteiger partial charge in [-0.3, -0.25) is 14.5 Å². The number of hydrogen-bond donors (Lipinski definition) is 0. The Morgan fingerprint density at radius 2 is 1.60 bits per heavy atom. The van der Waals surface area contributed by atoms with Crippen LogP contribution in [0.2, 0.25) is 5.02 Å². The number of imide groups is 1. The van der Waals surface area contributed by atoms with Crippen molar-refractivity contribution in [3.8, 4) is 0 Å². The van der Waals surface area contributed by atoms with E-state index in [9.17, 15) is 14.4 Å². The average Bonchev–Trinajstić information content (AvgIpc) is 3.08. The fourth-order valence-electron chi connectivity index (χ4n) is 4.22. The van der Waals surface area contributed by atoms with Crippen LogP contribution in [0.5, 0.6) is 0 Å². The van der Waals surface area contributed by atoms with Crippen molar-refractivity contribution in [2.45, 2.75) is 38.6 Å². The summed E-state index contributed by atoms with van der Waals surface area (Å²) in [5, 5.41) is 1.35. The number of rotatable bonds is 4. The third kappa shape index (κ3) is 4.70. The number of carbonyl (C=O) groups excluding carboxylic acids is 3. The van der Waals surface area contributed by atoms with Gasteiger partial charge < -0.3 is 14.6 Å². The Kier molecular flexibility index (Phi) is 6.43. The summed E-state index contributed by atoms with van der Waals surface area (Å²) in [5.41, 5.74) is 2.45. The van der Waals surface area contributed by atoms with Crippen LogP contribution in [0.15, 0.2) is 18.2 Å². The number of nitrogens with zero attached hydrogens (tertiary/aromatic N) is 4. The van der Waals surface area contributed by atoms with Crippen molar-refractivity contribution >= 4 is 35.2 Å². The molecule has 0 saturated carbocycles. The Morgan fingerprint density at radius 3 is 2.27 bits per heavy atom. The molecule has 0 aromatic heterocycles. The van der Waals surface area contributed by atoms with Crippen molar-refractivity contribution in [3.63, 3.8) is 0 Å². The minimum Gasteiger partial charge on any atom is -0.371 e. The number of piperidine rings is 1. The Bertz CT molecular complexity index is 803. The predicted octanol–water partition coefficient (Wildman–Crippen LogP) is 2.65. The molecule has 3 aliphatic rings. The second kappa shape index (κ2) is 9.22. The van der Waals surface area contributed by atoms with Crippen molar-refractivity contribution in [2.24, 2.45) is 0 Å². The molecule has 1 aromatic rings. The third-order valence-electron chi connectivity index (χ3n) is 5.94. The minimum atomic E-state index is -0.640. The van der Waals surface area contributed by atoms with E-state index in [0.29, 0.717) is 31.2 Å². The summed E-state index contributed by atoms with van der Waals surface area (Å²) >= 11 is 6.27. The summed E-state index contributed by atoms with van der Waals surface area (Å²) in [6.07, 6.45) is 3.24. The molecule has 3 amide bonds. The number of carbonyl (C=O) groups is 3. The first-order valence-corrected chi connectivity index (χ1v) is 11.0. The summed E-state index contributed by atoms with van der Waals surface area (Å²) in [5.74, 6) is -0.917. The number of anilines is 1. The number of hydroxylamine groups is 2. The van der Waals surface area contributed by atoms with Crippen LogP contribution in [0.3, 0.4) is 0 Å². The molecule has 0 atom stereocenters. The fourth-order valence-corrected chi connectivity index (χ4v) is 4.39. The molecule has 8 nitrogen and oxygen atoms in total. The van der Waals surface area contributed by atoms with Crippen LogP contribution in [0, 0.1) is 0 Å². The molecule has 30 heavy (non-hydrogen) atoms. The molecule has 0 bridgehead atoms. The van der Waals surface area contributed by atoms with Gasteiger partial charge in [0.05, 0.1) is 0 Å². The molecule has 3 heterocycles. The smallest absolute Gasteiger partial charge is 0.371 e. The monoisotopic (exact) mass is 434 g/mol. The highest BCUT2D eigenvalue weighted by atomic mass is 35.5. The quantitative estimate of drug-likeness (QED) is 0.678. The summed E-state index contributed by atoms with van der Waals surface area (Å²) in [4.78, 5) is 46.9. The van der Waals surface area contributed by atoms with Crippen LogP contribution >= 0.6 is 11.6 Å². The molecule has 162 valence electrons. The number of piperazine rings is 1. The molecular formula is C21H27ClN4O4. The first-order chi connectivity index (χ1) is 14.5. The van der Waals surface area contributed by atoms with Crippen molar-refractivity contribution in [1.82, 2.24) is 14.9 Å². The van der Waals surface area contributed by atoms with Crippen molar-refractivity contribution in [2.75, 3.05) is 44.2 Å². The third-order valence-corrected chi connectivity index (χ3v) is 6.18. The van der Waals surface area contributed by atoms with Gasteiger partial charge in [-0.25, -0.2) is 4.79 Å². The Morgan fingerprint density at radius 1 is 0.933 bits per heavy atom. The van der Waals surface area contributed by atoms with E-state index < -0.39 is 17.9 Å². The molecule has 0 spiro atoms. The lowest BCUT2D eigenvalue weighted by Crippen LogP contribution is -2.50. The standard InChI is InChI=1S/C21H27ClN4O4/c22-17-5-4-16(18(14-17)24-8-2-1-3-9-24)15-23-10-12-25(13-11-23)21(29)30-26-19(27)6-7-20(26)28/h4-5,14H,1-3,6-13,15H2. The van der Waals surface area contributed by atoms with Gasteiger partial charge in [0.1, 0.15) is 0 Å². The molecule has 0 N–H and O–H groups in total. The number of halogens is 1. The number of hydrogen-bond acceptors (Lipinski definition) is 6. The van der Waals surface area contributed by atoms with Crippen molar-refractivity contribution < 1.29 is 19.2 Å². The van der Waals surface area contributed by atoms with Crippen molar-refractivity contribution in [3.05, 3.63) is 28.8 Å². The van der Waals surface area contributed by atoms with Gasteiger partial charge >= 0.3 is 6.09 Å². The SMILES string of the molecule is O=C(ON1C(=O)CCC1=O)N1CCN(Cc2ccc(Cl)cc2N2CCCCC2)CC1. The van der Waals surface area contributed by atoms with Crippen LogP contribution in [0.4, 0.5) is 10.5 Å². The molecular weight excluding hydrogens is 408 g/mol. The van der Waals surface area contributed by atoms with E-state index in [0.717, 1.165) is 24.7 Å². The maximum atomic E-state index is 12.3. The predicted molar refractivity (Wildman–Crippen MR) is 112 cm³/mol. The van der Waals surface area contributed by atoms with E-state index in [1.807, 2.05) is 6.07 Å². The highest BCUT2D eigenvalue weighted by Gasteiger charge is 2.35. The van der Waals surface area contributed by atoms with Crippen LogP contribution < -0.4 is 4.90 Å². The zero-order valence-electron chi connectivity index (χ0n) is 17.0. The Hall–Kier alpha value is -2.32. The molecule has 0 unspecified atom stereocenters. The largest absolute Gasteiger partial charge is 0.434 e. The van der Waals surface area contributed by atoms with Gasteiger partial charge in [-0.05, 0) is 37.0 Å². The highest BCUT2D eigenvalue weighted by molar-refractivity contribution is 6.30.